The molecule has 0 radical (unpaired) electrons. The quantitative estimate of drug-likeness (QED) is 0.467. The Morgan fingerprint density at radius 1 is 0.933 bits per heavy atom. The Hall–Kier alpha value is -3.51. The fourth-order valence-corrected chi connectivity index (χ4v) is 4.13. The number of imide groups is 1. The fraction of sp³-hybridized carbons (Fsp3) is 0.125. The molecule has 1 saturated heterocycles. The molecular weight excluding hydrogens is 396 g/mol. The van der Waals surface area contributed by atoms with E-state index in [1.165, 1.54) is 11.0 Å². The first-order valence-corrected chi connectivity index (χ1v) is 10.5. The summed E-state index contributed by atoms with van der Waals surface area (Å²) in [6, 6.07) is 21.3. The molecule has 1 fully saturated rings. The Labute approximate surface area is 178 Å². The van der Waals surface area contributed by atoms with Gasteiger partial charge in [-0.3, -0.25) is 19.3 Å². The van der Waals surface area contributed by atoms with E-state index in [-0.39, 0.29) is 37.1 Å². The van der Waals surface area contributed by atoms with Gasteiger partial charge in [-0.25, -0.2) is 0 Å². The molecule has 1 N–H and O–H groups in total. The number of anilines is 1. The Kier molecular flexibility index (Phi) is 5.86. The van der Waals surface area contributed by atoms with Crippen LogP contribution in [0.15, 0.2) is 72.8 Å². The van der Waals surface area contributed by atoms with Gasteiger partial charge in [-0.1, -0.05) is 42.5 Å². The maximum Gasteiger partial charge on any atom is 0.248 e. The molecule has 0 atom stereocenters. The van der Waals surface area contributed by atoms with E-state index in [9.17, 15) is 14.4 Å². The van der Waals surface area contributed by atoms with Crippen molar-refractivity contribution in [2.75, 3.05) is 5.32 Å². The third-order valence-electron chi connectivity index (χ3n) is 4.80. The lowest BCUT2D eigenvalue weighted by atomic mass is 10.2. The highest BCUT2D eigenvalue weighted by Gasteiger charge is 2.28. The molecule has 6 heteroatoms. The van der Waals surface area contributed by atoms with Crippen molar-refractivity contribution in [2.45, 2.75) is 19.4 Å². The monoisotopic (exact) mass is 416 g/mol. The van der Waals surface area contributed by atoms with Gasteiger partial charge in [0.1, 0.15) is 0 Å². The van der Waals surface area contributed by atoms with Crippen LogP contribution in [0.1, 0.15) is 23.3 Å². The van der Waals surface area contributed by atoms with E-state index in [0.717, 1.165) is 20.9 Å². The van der Waals surface area contributed by atoms with Crippen molar-refractivity contribution in [1.82, 2.24) is 4.90 Å². The van der Waals surface area contributed by atoms with E-state index >= 15 is 0 Å². The highest BCUT2D eigenvalue weighted by atomic mass is 32.1. The van der Waals surface area contributed by atoms with Crippen molar-refractivity contribution < 1.29 is 14.4 Å². The molecule has 1 aromatic heterocycles. The van der Waals surface area contributed by atoms with Crippen LogP contribution in [0.3, 0.4) is 0 Å². The van der Waals surface area contributed by atoms with Crippen molar-refractivity contribution in [3.8, 4) is 10.4 Å². The molecule has 3 aromatic rings. The smallest absolute Gasteiger partial charge is 0.248 e. The standard InChI is InChI=1S/C24H20N2O3S/c27-22(13-11-20-10-12-21(30-20)18-4-2-1-3-5-18)25-19-8-6-17(7-9-19)16-26-23(28)14-15-24(26)29/h1-13H,14-16H2,(H,25,27)/b13-11+. The fourth-order valence-electron chi connectivity index (χ4n) is 3.22. The number of hydrogen-bond donors (Lipinski definition) is 1. The molecule has 30 heavy (non-hydrogen) atoms. The molecule has 0 unspecified atom stereocenters. The summed E-state index contributed by atoms with van der Waals surface area (Å²) in [6.07, 6.45) is 3.88. The molecule has 2 aromatic carbocycles. The van der Waals surface area contributed by atoms with Crippen LogP contribution in [-0.4, -0.2) is 22.6 Å². The van der Waals surface area contributed by atoms with Crippen LogP contribution in [0, 0.1) is 0 Å². The first kappa shape index (κ1) is 19.8. The molecule has 0 saturated carbocycles. The molecule has 0 aliphatic carbocycles. The minimum atomic E-state index is -0.220. The second kappa shape index (κ2) is 8.88. The van der Waals surface area contributed by atoms with Gasteiger partial charge in [-0.15, -0.1) is 11.3 Å². The summed E-state index contributed by atoms with van der Waals surface area (Å²) in [4.78, 5) is 39.1. The lowest BCUT2D eigenvalue weighted by molar-refractivity contribution is -0.139. The maximum absolute atomic E-state index is 12.2. The summed E-state index contributed by atoms with van der Waals surface area (Å²) in [6.45, 7) is 0.272. The zero-order valence-corrected chi connectivity index (χ0v) is 17.0. The van der Waals surface area contributed by atoms with Gasteiger partial charge in [0.15, 0.2) is 0 Å². The number of rotatable bonds is 6. The van der Waals surface area contributed by atoms with Crippen molar-refractivity contribution in [1.29, 1.82) is 0 Å². The van der Waals surface area contributed by atoms with E-state index in [1.54, 1.807) is 29.5 Å². The van der Waals surface area contributed by atoms with E-state index in [2.05, 4.69) is 17.4 Å². The third kappa shape index (κ3) is 4.72. The minimum Gasteiger partial charge on any atom is -0.323 e. The molecule has 0 bridgehead atoms. The van der Waals surface area contributed by atoms with Crippen molar-refractivity contribution in [2.24, 2.45) is 0 Å². The molecule has 4 rings (SSSR count). The predicted molar refractivity (Wildman–Crippen MR) is 119 cm³/mol. The van der Waals surface area contributed by atoms with Gasteiger partial charge in [0.05, 0.1) is 6.54 Å². The summed E-state index contributed by atoms with van der Waals surface area (Å²) in [5.41, 5.74) is 2.66. The van der Waals surface area contributed by atoms with Crippen LogP contribution >= 0.6 is 11.3 Å². The van der Waals surface area contributed by atoms with Crippen LogP contribution < -0.4 is 5.32 Å². The van der Waals surface area contributed by atoms with E-state index in [1.807, 2.05) is 42.5 Å². The number of benzene rings is 2. The molecular formula is C24H20N2O3S. The molecule has 5 nitrogen and oxygen atoms in total. The molecule has 3 amide bonds. The lowest BCUT2D eigenvalue weighted by Crippen LogP contribution is -2.28. The van der Waals surface area contributed by atoms with Crippen molar-refractivity contribution >= 4 is 40.8 Å². The first-order valence-electron chi connectivity index (χ1n) is 9.65. The summed E-state index contributed by atoms with van der Waals surface area (Å²) in [7, 11) is 0. The average molecular weight is 417 g/mol. The van der Waals surface area contributed by atoms with Crippen LogP contribution in [0.25, 0.3) is 16.5 Å². The van der Waals surface area contributed by atoms with Crippen molar-refractivity contribution in [3.05, 3.63) is 83.2 Å². The van der Waals surface area contributed by atoms with Gasteiger partial charge in [-0.05, 0) is 41.5 Å². The van der Waals surface area contributed by atoms with Crippen LogP contribution in [-0.2, 0) is 20.9 Å². The van der Waals surface area contributed by atoms with Gasteiger partial charge in [-0.2, -0.15) is 0 Å². The highest BCUT2D eigenvalue weighted by Crippen LogP contribution is 2.28. The molecule has 1 aliphatic heterocycles. The zero-order chi connectivity index (χ0) is 20.9. The topological polar surface area (TPSA) is 66.5 Å². The van der Waals surface area contributed by atoms with E-state index in [0.29, 0.717) is 5.69 Å². The van der Waals surface area contributed by atoms with Crippen LogP contribution in [0.5, 0.6) is 0 Å². The van der Waals surface area contributed by atoms with Crippen molar-refractivity contribution in [3.63, 3.8) is 0 Å². The summed E-state index contributed by atoms with van der Waals surface area (Å²) < 4.78 is 0. The number of amides is 3. The number of nitrogens with zero attached hydrogens (tertiary/aromatic N) is 1. The Morgan fingerprint density at radius 3 is 2.33 bits per heavy atom. The molecule has 2 heterocycles. The second-order valence-corrected chi connectivity index (χ2v) is 8.08. The Morgan fingerprint density at radius 2 is 1.63 bits per heavy atom. The van der Waals surface area contributed by atoms with E-state index in [4.69, 9.17) is 0 Å². The SMILES string of the molecule is O=C(/C=C/c1ccc(-c2ccccc2)s1)Nc1ccc(CN2C(=O)CCC2=O)cc1. The number of likely N-dealkylation sites (tertiary alicyclic amines) is 1. The van der Waals surface area contributed by atoms with Gasteiger partial charge >= 0.3 is 0 Å². The predicted octanol–water partition coefficient (Wildman–Crippen LogP) is 4.72. The normalized spacial score (nSPS) is 13.9. The number of nitrogens with one attached hydrogen (secondary N) is 1. The summed E-state index contributed by atoms with van der Waals surface area (Å²) in [5, 5.41) is 2.82. The van der Waals surface area contributed by atoms with E-state index < -0.39 is 0 Å². The largest absolute Gasteiger partial charge is 0.323 e. The maximum atomic E-state index is 12.2. The van der Waals surface area contributed by atoms with Gasteiger partial charge in [0, 0.05) is 34.4 Å². The molecule has 0 spiro atoms. The van der Waals surface area contributed by atoms with Crippen LogP contribution in [0.2, 0.25) is 0 Å². The summed E-state index contributed by atoms with van der Waals surface area (Å²) >= 11 is 1.63. The Bertz CT molecular complexity index is 1080. The number of carbonyl (C=O) groups is 3. The highest BCUT2D eigenvalue weighted by molar-refractivity contribution is 7.16. The van der Waals surface area contributed by atoms with Gasteiger partial charge in [0.2, 0.25) is 17.7 Å². The molecule has 1 aliphatic rings. The lowest BCUT2D eigenvalue weighted by Gasteiger charge is -2.14. The van der Waals surface area contributed by atoms with Crippen LogP contribution in [0.4, 0.5) is 5.69 Å². The number of carbonyl (C=O) groups excluding carboxylic acids is 3. The third-order valence-corrected chi connectivity index (χ3v) is 5.90. The summed E-state index contributed by atoms with van der Waals surface area (Å²) in [5.74, 6) is -0.486. The Balaban J connectivity index is 1.33. The zero-order valence-electron chi connectivity index (χ0n) is 16.2. The minimum absolute atomic E-state index is 0.133. The average Bonchev–Trinajstić information content (AvgIpc) is 3.36. The van der Waals surface area contributed by atoms with Gasteiger partial charge < -0.3 is 5.32 Å². The second-order valence-electron chi connectivity index (χ2n) is 6.96. The van der Waals surface area contributed by atoms with Gasteiger partial charge in [0.25, 0.3) is 0 Å². The first-order chi connectivity index (χ1) is 14.6. The molecule has 150 valence electrons. The number of thiophene rings is 1. The number of hydrogen-bond acceptors (Lipinski definition) is 4.